The summed E-state index contributed by atoms with van der Waals surface area (Å²) >= 11 is 0. The SMILES string of the molecule is C#CCC(NC(=O)OCC1c2ccccc2-c2ccccc21)C(=O)NC(CC(=O)O)C1CC1. The first-order valence-electron chi connectivity index (χ1n) is 11.0. The Morgan fingerprint density at radius 1 is 1.03 bits per heavy atom. The van der Waals surface area contributed by atoms with Gasteiger partial charge in [-0.3, -0.25) is 9.59 Å². The first kappa shape index (κ1) is 22.4. The minimum Gasteiger partial charge on any atom is -0.481 e. The molecule has 170 valence electrons. The summed E-state index contributed by atoms with van der Waals surface area (Å²) in [7, 11) is 0. The van der Waals surface area contributed by atoms with E-state index < -0.39 is 30.1 Å². The van der Waals surface area contributed by atoms with E-state index in [-0.39, 0.29) is 31.3 Å². The largest absolute Gasteiger partial charge is 0.481 e. The maximum atomic E-state index is 12.7. The molecule has 0 spiro atoms. The van der Waals surface area contributed by atoms with E-state index >= 15 is 0 Å². The number of carboxylic acid groups (broad SMARTS) is 1. The van der Waals surface area contributed by atoms with Gasteiger partial charge in [-0.15, -0.1) is 12.3 Å². The molecule has 1 saturated carbocycles. The third-order valence-electron chi connectivity index (χ3n) is 6.19. The number of ether oxygens (including phenoxy) is 1. The standard InChI is InChI=1S/C26H26N2O5/c1-2-7-22(25(31)27-23(14-24(29)30)16-12-13-16)28-26(32)33-15-21-19-10-5-3-8-17(19)18-9-4-6-11-20(18)21/h1,3-6,8-11,16,21-23H,7,12-15H2,(H,27,31)(H,28,32)(H,29,30). The van der Waals surface area contributed by atoms with Gasteiger partial charge in [-0.2, -0.15) is 0 Å². The highest BCUT2D eigenvalue weighted by molar-refractivity contribution is 5.86. The number of carbonyl (C=O) groups is 3. The lowest BCUT2D eigenvalue weighted by molar-refractivity contribution is -0.138. The van der Waals surface area contributed by atoms with Crippen molar-refractivity contribution in [3.05, 3.63) is 59.7 Å². The van der Waals surface area contributed by atoms with Gasteiger partial charge in [0, 0.05) is 18.4 Å². The molecule has 0 saturated heterocycles. The molecule has 7 nitrogen and oxygen atoms in total. The Morgan fingerprint density at radius 3 is 2.18 bits per heavy atom. The summed E-state index contributed by atoms with van der Waals surface area (Å²) in [6.07, 6.45) is 6.20. The van der Waals surface area contributed by atoms with Crippen molar-refractivity contribution < 1.29 is 24.2 Å². The summed E-state index contributed by atoms with van der Waals surface area (Å²) in [6.45, 7) is 0.119. The molecule has 0 aliphatic heterocycles. The van der Waals surface area contributed by atoms with Crippen LogP contribution in [0.4, 0.5) is 4.79 Å². The topological polar surface area (TPSA) is 105 Å². The molecule has 0 heterocycles. The van der Waals surface area contributed by atoms with Crippen LogP contribution in [0.1, 0.15) is 42.7 Å². The molecular formula is C26H26N2O5. The van der Waals surface area contributed by atoms with Gasteiger partial charge < -0.3 is 20.5 Å². The van der Waals surface area contributed by atoms with Gasteiger partial charge >= 0.3 is 12.1 Å². The first-order valence-corrected chi connectivity index (χ1v) is 11.0. The van der Waals surface area contributed by atoms with E-state index in [1.165, 1.54) is 0 Å². The molecule has 0 aromatic heterocycles. The molecule has 0 bridgehead atoms. The highest BCUT2D eigenvalue weighted by atomic mass is 16.5. The van der Waals surface area contributed by atoms with Gasteiger partial charge in [0.2, 0.25) is 5.91 Å². The molecule has 2 amide bonds. The molecule has 3 N–H and O–H groups in total. The zero-order valence-corrected chi connectivity index (χ0v) is 18.1. The Bertz CT molecular complexity index is 1060. The number of benzene rings is 2. The van der Waals surface area contributed by atoms with E-state index in [9.17, 15) is 14.4 Å². The van der Waals surface area contributed by atoms with Crippen molar-refractivity contribution >= 4 is 18.0 Å². The maximum Gasteiger partial charge on any atom is 0.407 e. The number of amides is 2. The number of hydrogen-bond donors (Lipinski definition) is 3. The summed E-state index contributed by atoms with van der Waals surface area (Å²) in [5.41, 5.74) is 4.42. The van der Waals surface area contributed by atoms with Crippen molar-refractivity contribution in [1.82, 2.24) is 10.6 Å². The Hall–Kier alpha value is -3.79. The quantitative estimate of drug-likeness (QED) is 0.513. The fraction of sp³-hybridized carbons (Fsp3) is 0.346. The van der Waals surface area contributed by atoms with E-state index in [1.54, 1.807) is 0 Å². The number of nitrogens with one attached hydrogen (secondary N) is 2. The Balaban J connectivity index is 1.38. The smallest absolute Gasteiger partial charge is 0.407 e. The monoisotopic (exact) mass is 446 g/mol. The average molecular weight is 447 g/mol. The third kappa shape index (κ3) is 5.17. The molecule has 7 heteroatoms. The predicted molar refractivity (Wildman–Crippen MR) is 122 cm³/mol. The van der Waals surface area contributed by atoms with Crippen LogP contribution in [0, 0.1) is 18.3 Å². The molecule has 0 radical (unpaired) electrons. The molecular weight excluding hydrogens is 420 g/mol. The van der Waals surface area contributed by atoms with Crippen LogP contribution >= 0.6 is 0 Å². The molecule has 1 fully saturated rings. The summed E-state index contributed by atoms with van der Waals surface area (Å²) in [5, 5.41) is 14.4. The first-order chi connectivity index (χ1) is 16.0. The number of fused-ring (bicyclic) bond motifs is 3. The molecule has 2 atom stereocenters. The highest BCUT2D eigenvalue weighted by Gasteiger charge is 2.35. The lowest BCUT2D eigenvalue weighted by Gasteiger charge is -2.22. The molecule has 33 heavy (non-hydrogen) atoms. The van der Waals surface area contributed by atoms with E-state index in [4.69, 9.17) is 16.3 Å². The van der Waals surface area contributed by atoms with E-state index in [1.807, 2.05) is 36.4 Å². The van der Waals surface area contributed by atoms with Gasteiger partial charge in [0.1, 0.15) is 12.6 Å². The second-order valence-electron chi connectivity index (χ2n) is 8.48. The van der Waals surface area contributed by atoms with E-state index in [2.05, 4.69) is 28.7 Å². The molecule has 2 aromatic carbocycles. The number of terminal acetylenes is 1. The maximum absolute atomic E-state index is 12.7. The van der Waals surface area contributed by atoms with Gasteiger partial charge in [0.25, 0.3) is 0 Å². The number of aliphatic carboxylic acids is 1. The van der Waals surface area contributed by atoms with Crippen LogP contribution in [-0.2, 0) is 14.3 Å². The van der Waals surface area contributed by atoms with E-state index in [0.717, 1.165) is 35.1 Å². The second-order valence-corrected chi connectivity index (χ2v) is 8.48. The van der Waals surface area contributed by atoms with Crippen LogP contribution in [0.5, 0.6) is 0 Å². The number of carbonyl (C=O) groups excluding carboxylic acids is 2. The summed E-state index contributed by atoms with van der Waals surface area (Å²) in [4.78, 5) is 36.4. The van der Waals surface area contributed by atoms with Crippen LogP contribution in [0.3, 0.4) is 0 Å². The van der Waals surface area contributed by atoms with Crippen molar-refractivity contribution in [1.29, 1.82) is 0 Å². The zero-order chi connectivity index (χ0) is 23.4. The van der Waals surface area contributed by atoms with Crippen molar-refractivity contribution in [2.45, 2.75) is 43.7 Å². The van der Waals surface area contributed by atoms with Crippen LogP contribution in [0.15, 0.2) is 48.5 Å². The number of alkyl carbamates (subject to hydrolysis) is 1. The lowest BCUT2D eigenvalue weighted by atomic mass is 9.98. The van der Waals surface area contributed by atoms with Gasteiger partial charge in [0.15, 0.2) is 0 Å². The number of carboxylic acids is 1. The number of hydrogen-bond acceptors (Lipinski definition) is 4. The summed E-state index contributed by atoms with van der Waals surface area (Å²) < 4.78 is 5.50. The highest BCUT2D eigenvalue weighted by Crippen LogP contribution is 2.44. The number of rotatable bonds is 9. The normalized spacial score (nSPS) is 16.0. The molecule has 4 rings (SSSR count). The fourth-order valence-electron chi connectivity index (χ4n) is 4.42. The van der Waals surface area contributed by atoms with Crippen LogP contribution in [0.25, 0.3) is 11.1 Å². The predicted octanol–water partition coefficient (Wildman–Crippen LogP) is 3.29. The van der Waals surface area contributed by atoms with Crippen LogP contribution in [0.2, 0.25) is 0 Å². The van der Waals surface area contributed by atoms with Gasteiger partial charge in [-0.25, -0.2) is 4.79 Å². The Kier molecular flexibility index (Phi) is 6.64. The molecule has 2 aromatic rings. The summed E-state index contributed by atoms with van der Waals surface area (Å²) in [5.74, 6) is 0.952. The van der Waals surface area contributed by atoms with Gasteiger partial charge in [-0.05, 0) is 41.0 Å². The van der Waals surface area contributed by atoms with Gasteiger partial charge in [0.05, 0.1) is 6.42 Å². The van der Waals surface area contributed by atoms with Crippen molar-refractivity contribution in [3.63, 3.8) is 0 Å². The van der Waals surface area contributed by atoms with Crippen molar-refractivity contribution in [2.24, 2.45) is 5.92 Å². The van der Waals surface area contributed by atoms with Crippen molar-refractivity contribution in [3.8, 4) is 23.5 Å². The Morgan fingerprint density at radius 2 is 1.64 bits per heavy atom. The average Bonchev–Trinajstić information content (AvgIpc) is 3.60. The van der Waals surface area contributed by atoms with Gasteiger partial charge in [-0.1, -0.05) is 48.5 Å². The second kappa shape index (κ2) is 9.78. The minimum atomic E-state index is -0.999. The fourth-order valence-corrected chi connectivity index (χ4v) is 4.42. The van der Waals surface area contributed by atoms with E-state index in [0.29, 0.717) is 0 Å². The lowest BCUT2D eigenvalue weighted by Crippen LogP contribution is -2.50. The van der Waals surface area contributed by atoms with Crippen LogP contribution in [-0.4, -0.2) is 41.8 Å². The molecule has 2 aliphatic carbocycles. The molecule has 2 unspecified atom stereocenters. The summed E-state index contributed by atoms with van der Waals surface area (Å²) in [6, 6.07) is 14.6. The molecule has 2 aliphatic rings. The third-order valence-corrected chi connectivity index (χ3v) is 6.19. The zero-order valence-electron chi connectivity index (χ0n) is 18.1. The minimum absolute atomic E-state index is 0.0273. The Labute approximate surface area is 192 Å². The van der Waals surface area contributed by atoms with Crippen molar-refractivity contribution in [2.75, 3.05) is 6.61 Å². The van der Waals surface area contributed by atoms with Crippen LogP contribution < -0.4 is 10.6 Å².